The van der Waals surface area contributed by atoms with Crippen molar-refractivity contribution < 1.29 is 34.1 Å². The standard InChI is InChI=1S/C25H34O7/c1-15(27)32-17-3-8-23(14-26)19-4-7-22(2)18(16-11-21(28)31-13-16)6-10-25(22,30)20(19)5-9-24(23,29)12-17/h11,14,17-20,29-30H,3-10,12-13H2,1-2H3/t17-,18+,19-,20-,22-,23+,24-,25+/m1/s1. The number of carbonyl (C=O) groups is 3. The van der Waals surface area contributed by atoms with Gasteiger partial charge in [0.15, 0.2) is 0 Å². The highest BCUT2D eigenvalue weighted by Crippen LogP contribution is 2.70. The first-order valence-electron chi connectivity index (χ1n) is 12.0. The predicted molar refractivity (Wildman–Crippen MR) is 113 cm³/mol. The summed E-state index contributed by atoms with van der Waals surface area (Å²) in [5.74, 6) is -0.772. The van der Waals surface area contributed by atoms with Gasteiger partial charge in [0.2, 0.25) is 0 Å². The van der Waals surface area contributed by atoms with Crippen LogP contribution >= 0.6 is 0 Å². The lowest BCUT2D eigenvalue weighted by molar-refractivity contribution is -0.249. The van der Waals surface area contributed by atoms with E-state index in [0.717, 1.165) is 31.1 Å². The van der Waals surface area contributed by atoms with Gasteiger partial charge in [-0.2, -0.15) is 0 Å². The monoisotopic (exact) mass is 446 g/mol. The molecule has 1 heterocycles. The maximum Gasteiger partial charge on any atom is 0.331 e. The number of aliphatic hydroxyl groups is 2. The van der Waals surface area contributed by atoms with Crippen LogP contribution in [-0.4, -0.2) is 52.4 Å². The summed E-state index contributed by atoms with van der Waals surface area (Å²) in [5.41, 5.74) is -2.50. The highest BCUT2D eigenvalue weighted by atomic mass is 16.5. The second kappa shape index (κ2) is 7.13. The number of hydrogen-bond acceptors (Lipinski definition) is 7. The molecule has 0 unspecified atom stereocenters. The van der Waals surface area contributed by atoms with Gasteiger partial charge in [-0.05, 0) is 74.7 Å². The van der Waals surface area contributed by atoms with Crippen LogP contribution in [0, 0.1) is 28.6 Å². The van der Waals surface area contributed by atoms with Crippen LogP contribution in [0.3, 0.4) is 0 Å². The van der Waals surface area contributed by atoms with Gasteiger partial charge in [-0.25, -0.2) is 4.79 Å². The lowest BCUT2D eigenvalue weighted by Crippen LogP contribution is -2.69. The molecule has 7 nitrogen and oxygen atoms in total. The highest BCUT2D eigenvalue weighted by Gasteiger charge is 2.71. The van der Waals surface area contributed by atoms with E-state index in [1.54, 1.807) is 6.08 Å². The molecule has 1 aliphatic heterocycles. The number of rotatable bonds is 3. The number of hydrogen-bond donors (Lipinski definition) is 2. The van der Waals surface area contributed by atoms with Crippen LogP contribution < -0.4 is 0 Å². The van der Waals surface area contributed by atoms with Crippen molar-refractivity contribution in [2.24, 2.45) is 28.6 Å². The molecule has 7 heteroatoms. The molecule has 0 aromatic carbocycles. The average molecular weight is 447 g/mol. The number of aldehydes is 1. The van der Waals surface area contributed by atoms with Crippen molar-refractivity contribution >= 4 is 18.2 Å². The van der Waals surface area contributed by atoms with E-state index < -0.39 is 16.6 Å². The number of carbonyl (C=O) groups excluding carboxylic acids is 3. The lowest BCUT2D eigenvalue weighted by Gasteiger charge is -2.65. The molecule has 5 aliphatic rings. The third-order valence-electron chi connectivity index (χ3n) is 10.2. The Morgan fingerprint density at radius 3 is 2.53 bits per heavy atom. The Hall–Kier alpha value is -1.73. The molecule has 0 saturated heterocycles. The van der Waals surface area contributed by atoms with Crippen molar-refractivity contribution in [2.75, 3.05) is 6.61 Å². The summed E-state index contributed by atoms with van der Waals surface area (Å²) in [7, 11) is 0. The van der Waals surface area contributed by atoms with Gasteiger partial charge in [0.1, 0.15) is 19.0 Å². The quantitative estimate of drug-likeness (QED) is 0.506. The Balaban J connectivity index is 1.46. The topological polar surface area (TPSA) is 110 Å². The van der Waals surface area contributed by atoms with Gasteiger partial charge in [-0.1, -0.05) is 6.92 Å². The van der Waals surface area contributed by atoms with Crippen LogP contribution in [0.15, 0.2) is 11.6 Å². The smallest absolute Gasteiger partial charge is 0.331 e. The predicted octanol–water partition coefficient (Wildman–Crippen LogP) is 2.47. The van der Waals surface area contributed by atoms with E-state index >= 15 is 0 Å². The summed E-state index contributed by atoms with van der Waals surface area (Å²) in [6.07, 6.45) is 7.44. The fourth-order valence-corrected chi connectivity index (χ4v) is 8.65. The van der Waals surface area contributed by atoms with Crippen molar-refractivity contribution in [1.29, 1.82) is 0 Å². The fraction of sp³-hybridized carbons (Fsp3) is 0.800. The van der Waals surface area contributed by atoms with Gasteiger partial charge in [-0.15, -0.1) is 0 Å². The molecular weight excluding hydrogens is 412 g/mol. The third kappa shape index (κ3) is 2.76. The maximum atomic E-state index is 12.7. The molecule has 0 radical (unpaired) electrons. The van der Waals surface area contributed by atoms with Gasteiger partial charge in [0.25, 0.3) is 0 Å². The normalized spacial score (nSPS) is 49.9. The largest absolute Gasteiger partial charge is 0.462 e. The molecule has 5 rings (SSSR count). The average Bonchev–Trinajstić information content (AvgIpc) is 3.27. The van der Waals surface area contributed by atoms with Crippen LogP contribution in [0.25, 0.3) is 0 Å². The fourth-order valence-electron chi connectivity index (χ4n) is 8.65. The zero-order valence-electron chi connectivity index (χ0n) is 19.0. The summed E-state index contributed by atoms with van der Waals surface area (Å²) in [4.78, 5) is 35.8. The van der Waals surface area contributed by atoms with E-state index in [4.69, 9.17) is 9.47 Å². The summed E-state index contributed by atoms with van der Waals surface area (Å²) in [6, 6.07) is 0. The van der Waals surface area contributed by atoms with E-state index in [0.29, 0.717) is 38.7 Å². The molecular formula is C25H34O7. The van der Waals surface area contributed by atoms with Crippen molar-refractivity contribution in [3.05, 3.63) is 11.6 Å². The molecule has 2 N–H and O–H groups in total. The Kier molecular flexibility index (Phi) is 4.92. The Labute approximate surface area is 188 Å². The van der Waals surface area contributed by atoms with Crippen molar-refractivity contribution in [1.82, 2.24) is 0 Å². The van der Waals surface area contributed by atoms with E-state index in [1.165, 1.54) is 6.92 Å². The first-order chi connectivity index (χ1) is 15.1. The summed E-state index contributed by atoms with van der Waals surface area (Å²) >= 11 is 0. The molecule has 0 aromatic heterocycles. The van der Waals surface area contributed by atoms with Gasteiger partial charge in [0, 0.05) is 24.8 Å². The number of esters is 2. The second-order valence-corrected chi connectivity index (χ2v) is 11.2. The Morgan fingerprint density at radius 2 is 1.88 bits per heavy atom. The van der Waals surface area contributed by atoms with Crippen molar-refractivity contribution in [3.63, 3.8) is 0 Å². The van der Waals surface area contributed by atoms with E-state index in [1.807, 2.05) is 0 Å². The molecule has 0 bridgehead atoms. The molecule has 0 aromatic rings. The van der Waals surface area contributed by atoms with Gasteiger partial charge < -0.3 is 24.5 Å². The SMILES string of the molecule is CC(=O)O[C@@H]1CC[C@]2(C=O)[C@@H]3CC[C@]4(C)[C@H](C5=CC(=O)OC5)CC[C@]4(O)[C@@H]3CC[C@@]2(O)C1. The summed E-state index contributed by atoms with van der Waals surface area (Å²) in [6.45, 7) is 3.81. The van der Waals surface area contributed by atoms with Crippen LogP contribution in [-0.2, 0) is 23.9 Å². The van der Waals surface area contributed by atoms with Gasteiger partial charge in [-0.3, -0.25) is 4.79 Å². The zero-order chi connectivity index (χ0) is 22.9. The minimum Gasteiger partial charge on any atom is -0.462 e. The minimum atomic E-state index is -1.22. The van der Waals surface area contributed by atoms with Crippen LogP contribution in [0.5, 0.6) is 0 Å². The number of ether oxygens (including phenoxy) is 2. The highest BCUT2D eigenvalue weighted by molar-refractivity contribution is 5.85. The first kappa shape index (κ1) is 22.1. The molecule has 176 valence electrons. The molecule has 4 aliphatic carbocycles. The molecule has 0 amide bonds. The molecule has 32 heavy (non-hydrogen) atoms. The van der Waals surface area contributed by atoms with Crippen molar-refractivity contribution in [2.45, 2.75) is 88.9 Å². The van der Waals surface area contributed by atoms with E-state index in [-0.39, 0.29) is 47.6 Å². The maximum absolute atomic E-state index is 12.7. The number of fused-ring (bicyclic) bond motifs is 5. The zero-order valence-corrected chi connectivity index (χ0v) is 19.0. The van der Waals surface area contributed by atoms with E-state index in [9.17, 15) is 24.6 Å². The van der Waals surface area contributed by atoms with Gasteiger partial charge in [0.05, 0.1) is 16.6 Å². The molecule has 8 atom stereocenters. The van der Waals surface area contributed by atoms with E-state index in [2.05, 4.69) is 6.92 Å². The third-order valence-corrected chi connectivity index (χ3v) is 10.2. The van der Waals surface area contributed by atoms with Gasteiger partial charge >= 0.3 is 11.9 Å². The second-order valence-electron chi connectivity index (χ2n) is 11.2. The molecule has 4 saturated carbocycles. The van der Waals surface area contributed by atoms with Crippen LogP contribution in [0.2, 0.25) is 0 Å². The molecule has 4 fully saturated rings. The Morgan fingerprint density at radius 1 is 1.12 bits per heavy atom. The first-order valence-corrected chi connectivity index (χ1v) is 12.0. The Bertz CT molecular complexity index is 882. The number of cyclic esters (lactones) is 1. The minimum absolute atomic E-state index is 0.0828. The lowest BCUT2D eigenvalue weighted by atomic mass is 9.41. The molecule has 0 spiro atoms. The summed E-state index contributed by atoms with van der Waals surface area (Å²) in [5, 5.41) is 23.9. The van der Waals surface area contributed by atoms with Crippen molar-refractivity contribution in [3.8, 4) is 0 Å². The van der Waals surface area contributed by atoms with Crippen LogP contribution in [0.4, 0.5) is 0 Å². The summed E-state index contributed by atoms with van der Waals surface area (Å²) < 4.78 is 10.6. The van der Waals surface area contributed by atoms with Crippen LogP contribution in [0.1, 0.15) is 71.6 Å².